The van der Waals surface area contributed by atoms with Crippen LogP contribution in [-0.2, 0) is 4.84 Å². The van der Waals surface area contributed by atoms with Crippen molar-refractivity contribution in [3.05, 3.63) is 29.8 Å². The average molecular weight is 357 g/mol. The number of nitrogens with zero attached hydrogens (tertiary/aromatic N) is 7. The molecule has 0 atom stereocenters. The van der Waals surface area contributed by atoms with Gasteiger partial charge in [-0.2, -0.15) is 20.5 Å². The Labute approximate surface area is 149 Å². The van der Waals surface area contributed by atoms with Gasteiger partial charge in [-0.3, -0.25) is 4.98 Å². The van der Waals surface area contributed by atoms with E-state index in [0.29, 0.717) is 23.4 Å². The van der Waals surface area contributed by atoms with Crippen LogP contribution >= 0.6 is 0 Å². The van der Waals surface area contributed by atoms with E-state index in [9.17, 15) is 9.18 Å². The van der Waals surface area contributed by atoms with Crippen molar-refractivity contribution in [1.82, 2.24) is 15.0 Å². The summed E-state index contributed by atoms with van der Waals surface area (Å²) in [4.78, 5) is 21.5. The van der Waals surface area contributed by atoms with E-state index in [4.69, 9.17) is 10.1 Å². The molecule has 0 radical (unpaired) electrons. The van der Waals surface area contributed by atoms with Crippen LogP contribution in [-0.4, -0.2) is 57.4 Å². The summed E-state index contributed by atoms with van der Waals surface area (Å²) in [6.07, 6.45) is 4.33. The number of hydrazone groups is 2. The third-order valence-corrected chi connectivity index (χ3v) is 3.60. The Bertz CT molecular complexity index is 856. The first-order valence-corrected chi connectivity index (χ1v) is 7.81. The predicted molar refractivity (Wildman–Crippen MR) is 90.9 cm³/mol. The highest BCUT2D eigenvalue weighted by Crippen LogP contribution is 2.24. The van der Waals surface area contributed by atoms with Crippen LogP contribution in [0.2, 0.25) is 0 Å². The van der Waals surface area contributed by atoms with E-state index >= 15 is 0 Å². The molecule has 26 heavy (non-hydrogen) atoms. The maximum absolute atomic E-state index is 13.2. The van der Waals surface area contributed by atoms with Gasteiger partial charge in [-0.1, -0.05) is 5.16 Å². The van der Waals surface area contributed by atoms with Crippen molar-refractivity contribution in [1.29, 1.82) is 5.26 Å². The summed E-state index contributed by atoms with van der Waals surface area (Å²) in [5.41, 5.74) is 1.02. The fourth-order valence-corrected chi connectivity index (χ4v) is 2.41. The predicted octanol–water partition coefficient (Wildman–Crippen LogP) is 1.73. The number of oxime groups is 1. The Hall–Kier alpha value is -3.35. The summed E-state index contributed by atoms with van der Waals surface area (Å²) in [6.45, 7) is 3.61. The molecule has 2 aliphatic heterocycles. The summed E-state index contributed by atoms with van der Waals surface area (Å²) in [5.74, 6) is -0.507. The second-order valence-corrected chi connectivity index (χ2v) is 6.35. The van der Waals surface area contributed by atoms with Gasteiger partial charge in [-0.25, -0.2) is 14.2 Å². The van der Waals surface area contributed by atoms with Gasteiger partial charge in [-0.15, -0.1) is 0 Å². The number of hydrogen-bond donors (Lipinski definition) is 0. The molecule has 0 spiro atoms. The number of aromatic nitrogens is 1. The molecule has 9 nitrogen and oxygen atoms in total. The van der Waals surface area contributed by atoms with Crippen LogP contribution in [0, 0.1) is 17.1 Å². The lowest BCUT2D eigenvalue weighted by Gasteiger charge is -2.28. The van der Waals surface area contributed by atoms with Crippen molar-refractivity contribution < 1.29 is 14.0 Å². The number of pyridine rings is 1. The van der Waals surface area contributed by atoms with Gasteiger partial charge in [0, 0.05) is 18.2 Å². The van der Waals surface area contributed by atoms with Crippen molar-refractivity contribution in [2.75, 3.05) is 13.1 Å². The van der Waals surface area contributed by atoms with Crippen LogP contribution in [0.1, 0.15) is 25.8 Å². The van der Waals surface area contributed by atoms with Crippen LogP contribution in [0.4, 0.5) is 9.18 Å². The number of carbonyl (C=O) groups excluding carboxylic acids is 1. The van der Waals surface area contributed by atoms with Gasteiger partial charge in [0.1, 0.15) is 29.4 Å². The zero-order valence-corrected chi connectivity index (χ0v) is 14.3. The number of amides is 2. The molecule has 1 aromatic heterocycles. The number of carbonyl (C=O) groups is 1. The fourth-order valence-electron chi connectivity index (χ4n) is 2.41. The Morgan fingerprint density at radius 1 is 1.46 bits per heavy atom. The van der Waals surface area contributed by atoms with Gasteiger partial charge >= 0.3 is 6.03 Å². The van der Waals surface area contributed by atoms with E-state index < -0.39 is 17.4 Å². The van der Waals surface area contributed by atoms with Crippen molar-refractivity contribution in [3.63, 3.8) is 0 Å². The molecule has 10 heteroatoms. The molecule has 0 unspecified atom stereocenters. The van der Waals surface area contributed by atoms with Crippen LogP contribution in [0.15, 0.2) is 33.8 Å². The van der Waals surface area contributed by atoms with Crippen molar-refractivity contribution >= 4 is 23.7 Å². The molecule has 2 aliphatic rings. The normalized spacial score (nSPS) is 19.2. The number of hydrogen-bond acceptors (Lipinski definition) is 7. The summed E-state index contributed by atoms with van der Waals surface area (Å²) < 4.78 is 13.2. The smallest absolute Gasteiger partial charge is 0.362 e. The molecule has 3 heterocycles. The van der Waals surface area contributed by atoms with Crippen LogP contribution in [0.5, 0.6) is 0 Å². The topological polar surface area (TPSA) is 107 Å². The van der Waals surface area contributed by atoms with E-state index in [2.05, 4.69) is 20.3 Å². The molecule has 0 fully saturated rings. The highest BCUT2D eigenvalue weighted by Gasteiger charge is 2.36. The summed E-state index contributed by atoms with van der Waals surface area (Å²) in [5, 5.41) is 23.4. The van der Waals surface area contributed by atoms with Gasteiger partial charge in [0.2, 0.25) is 0 Å². The maximum Gasteiger partial charge on any atom is 0.362 e. The minimum absolute atomic E-state index is 0.0677. The van der Waals surface area contributed by atoms with Crippen molar-refractivity contribution in [3.8, 4) is 6.07 Å². The van der Waals surface area contributed by atoms with Crippen LogP contribution in [0.25, 0.3) is 0 Å². The molecule has 0 saturated heterocycles. The highest BCUT2D eigenvalue weighted by atomic mass is 19.1. The summed E-state index contributed by atoms with van der Waals surface area (Å²) >= 11 is 0. The van der Waals surface area contributed by atoms with E-state index in [-0.39, 0.29) is 13.1 Å². The lowest BCUT2D eigenvalue weighted by atomic mass is 10.00. The Morgan fingerprint density at radius 3 is 2.92 bits per heavy atom. The Morgan fingerprint density at radius 2 is 2.27 bits per heavy atom. The Kier molecular flexibility index (Phi) is 4.62. The van der Waals surface area contributed by atoms with E-state index in [0.717, 1.165) is 16.2 Å². The molecule has 0 saturated carbocycles. The highest BCUT2D eigenvalue weighted by molar-refractivity contribution is 6.44. The van der Waals surface area contributed by atoms with Gasteiger partial charge in [0.25, 0.3) is 0 Å². The first-order valence-electron chi connectivity index (χ1n) is 7.81. The van der Waals surface area contributed by atoms with Crippen molar-refractivity contribution in [2.45, 2.75) is 25.9 Å². The molecule has 3 rings (SSSR count). The summed E-state index contributed by atoms with van der Waals surface area (Å²) in [7, 11) is 0. The number of nitriles is 1. The largest absolute Gasteiger partial charge is 0.389 e. The van der Waals surface area contributed by atoms with Crippen LogP contribution in [0.3, 0.4) is 0 Å². The van der Waals surface area contributed by atoms with Crippen LogP contribution < -0.4 is 0 Å². The molecule has 0 aliphatic carbocycles. The van der Waals surface area contributed by atoms with E-state index in [1.807, 2.05) is 19.9 Å². The van der Waals surface area contributed by atoms with E-state index in [1.54, 1.807) is 0 Å². The number of urea groups is 1. The zero-order valence-electron chi connectivity index (χ0n) is 14.3. The van der Waals surface area contributed by atoms with Gasteiger partial charge in [0.15, 0.2) is 0 Å². The SMILES string of the molecule is CC1(C)CC(C2=NN(CC#N)C(=O)N(N=Cc3cncc(F)c3)C2)=NO1. The average Bonchev–Trinajstić information content (AvgIpc) is 2.96. The minimum Gasteiger partial charge on any atom is -0.389 e. The summed E-state index contributed by atoms with van der Waals surface area (Å²) in [6, 6.07) is 2.57. The molecule has 134 valence electrons. The first-order chi connectivity index (χ1) is 12.4. The number of halogens is 1. The quantitative estimate of drug-likeness (QED) is 0.604. The molecule has 0 N–H and O–H groups in total. The van der Waals surface area contributed by atoms with E-state index in [1.165, 1.54) is 18.5 Å². The van der Waals surface area contributed by atoms with Gasteiger partial charge in [-0.05, 0) is 19.9 Å². The standard InChI is InChI=1S/C16H16FN7O2/c1-16(2)6-13(22-26-16)14-10-24(15(25)23(21-14)4-3-18)20-8-11-5-12(17)9-19-7-11/h5,7-9H,4,6,10H2,1-2H3. The van der Waals surface area contributed by atoms with Crippen molar-refractivity contribution in [2.24, 2.45) is 15.4 Å². The fraction of sp³-hybridized carbons (Fsp3) is 0.375. The molecule has 2 amide bonds. The second-order valence-electron chi connectivity index (χ2n) is 6.35. The molecule has 0 aromatic carbocycles. The van der Waals surface area contributed by atoms with Gasteiger partial charge in [0.05, 0.1) is 25.0 Å². The molecule has 1 aromatic rings. The minimum atomic E-state index is -0.560. The lowest BCUT2D eigenvalue weighted by molar-refractivity contribution is 0.0123. The van der Waals surface area contributed by atoms with Gasteiger partial charge < -0.3 is 4.84 Å². The third-order valence-electron chi connectivity index (χ3n) is 3.60. The molecule has 0 bridgehead atoms. The second kappa shape index (κ2) is 6.87. The lowest BCUT2D eigenvalue weighted by Crippen LogP contribution is -2.47. The molecular weight excluding hydrogens is 341 g/mol. The molecular formula is C16H16FN7O2. The zero-order chi connectivity index (χ0) is 18.7. The monoisotopic (exact) mass is 357 g/mol. The first kappa shape index (κ1) is 17.5. The third kappa shape index (κ3) is 3.83. The Balaban J connectivity index is 1.83. The number of rotatable bonds is 4. The maximum atomic E-state index is 13.2.